The second-order valence-corrected chi connectivity index (χ2v) is 7.86. The third-order valence-electron chi connectivity index (χ3n) is 5.19. The number of methoxy groups -OCH3 is 2. The van der Waals surface area contributed by atoms with Gasteiger partial charge in [-0.2, -0.15) is 18.3 Å². The van der Waals surface area contributed by atoms with Gasteiger partial charge in [0.2, 0.25) is 6.54 Å². The maximum absolute atomic E-state index is 12.8. The highest BCUT2D eigenvalue weighted by molar-refractivity contribution is 6.04. The summed E-state index contributed by atoms with van der Waals surface area (Å²) in [6.07, 6.45) is -0.541. The normalized spacial score (nSPS) is 11.1. The van der Waals surface area contributed by atoms with E-state index in [1.807, 2.05) is 0 Å². The van der Waals surface area contributed by atoms with Crippen LogP contribution in [-0.4, -0.2) is 59.2 Å². The minimum Gasteiger partial charge on any atom is -0.493 e. The molecule has 0 saturated heterocycles. The van der Waals surface area contributed by atoms with E-state index in [4.69, 9.17) is 25.5 Å². The van der Waals surface area contributed by atoms with Gasteiger partial charge < -0.3 is 29.1 Å². The van der Waals surface area contributed by atoms with Gasteiger partial charge in [-0.05, 0) is 24.3 Å². The first kappa shape index (κ1) is 27.0. The molecule has 0 spiro atoms. The lowest BCUT2D eigenvalue weighted by atomic mass is 10.2. The van der Waals surface area contributed by atoms with Crippen molar-refractivity contribution in [2.45, 2.75) is 12.7 Å². The van der Waals surface area contributed by atoms with Gasteiger partial charge in [0.05, 0.1) is 32.1 Å². The number of aromatic nitrogens is 4. The summed E-state index contributed by atoms with van der Waals surface area (Å²) in [4.78, 5) is 24.4. The molecule has 0 fully saturated rings. The fourth-order valence-electron chi connectivity index (χ4n) is 3.45. The Balaban J connectivity index is 1.50. The molecule has 0 radical (unpaired) electrons. The number of benzene rings is 1. The average Bonchev–Trinajstić information content (AvgIpc) is 3.34. The van der Waals surface area contributed by atoms with Crippen LogP contribution in [0.15, 0.2) is 48.9 Å². The molecule has 0 atom stereocenters. The number of nitrogens with zero attached hydrogens (tertiary/aromatic N) is 5. The summed E-state index contributed by atoms with van der Waals surface area (Å²) in [7, 11) is 3.04. The molecule has 14 heteroatoms. The number of hydrogen-bond acceptors (Lipinski definition) is 8. The molecule has 0 aliphatic heterocycles. The first-order valence-corrected chi connectivity index (χ1v) is 11.3. The number of ether oxygens (including phenoxy) is 4. The van der Waals surface area contributed by atoms with E-state index >= 15 is 0 Å². The smallest absolute Gasteiger partial charge is 0.422 e. The van der Waals surface area contributed by atoms with Crippen LogP contribution in [0.3, 0.4) is 0 Å². The van der Waals surface area contributed by atoms with Crippen LogP contribution in [0, 0.1) is 6.57 Å². The number of anilines is 1. The van der Waals surface area contributed by atoms with Crippen molar-refractivity contribution in [2.24, 2.45) is 0 Å². The van der Waals surface area contributed by atoms with Crippen molar-refractivity contribution in [3.63, 3.8) is 0 Å². The summed E-state index contributed by atoms with van der Waals surface area (Å²) >= 11 is 0. The van der Waals surface area contributed by atoms with Crippen molar-refractivity contribution in [1.29, 1.82) is 0 Å². The largest absolute Gasteiger partial charge is 0.493 e. The molecule has 0 saturated carbocycles. The van der Waals surface area contributed by atoms with Crippen molar-refractivity contribution in [3.05, 3.63) is 66.0 Å². The van der Waals surface area contributed by atoms with Gasteiger partial charge in [0.1, 0.15) is 23.9 Å². The monoisotopic (exact) mass is 542 g/mol. The maximum atomic E-state index is 12.8. The molecule has 4 rings (SSSR count). The lowest BCUT2D eigenvalue weighted by Crippen LogP contribution is -2.21. The highest BCUT2D eigenvalue weighted by Crippen LogP contribution is 2.36. The first-order chi connectivity index (χ1) is 18.7. The van der Waals surface area contributed by atoms with E-state index in [1.165, 1.54) is 31.2 Å². The minimum atomic E-state index is -4.61. The van der Waals surface area contributed by atoms with Crippen LogP contribution in [-0.2, 0) is 6.54 Å². The van der Waals surface area contributed by atoms with Gasteiger partial charge in [0, 0.05) is 17.6 Å². The molecule has 39 heavy (non-hydrogen) atoms. The standard InChI is InChI=1S/C25H21F3N6O5/c1-29-8-9-34-13-21(38-14-25(26,27)28)23(33-34)24(35)32-22-5-4-15(12-31-22)39-18-6-7-30-17-11-20(37-3)19(36-2)10-16(17)18/h4-7,10-13H,8-9,14H2,2-3H3,(H,31,32,35). The zero-order valence-electron chi connectivity index (χ0n) is 20.7. The van der Waals surface area contributed by atoms with Gasteiger partial charge in [-0.1, -0.05) is 0 Å². The number of halogens is 3. The lowest BCUT2D eigenvalue weighted by molar-refractivity contribution is -0.153. The molecule has 1 N–H and O–H groups in total. The zero-order valence-corrected chi connectivity index (χ0v) is 20.7. The van der Waals surface area contributed by atoms with E-state index in [0.717, 1.165) is 6.20 Å². The van der Waals surface area contributed by atoms with Gasteiger partial charge in [0.25, 0.3) is 5.91 Å². The Bertz CT molecular complexity index is 1520. The molecule has 4 aromatic rings. The lowest BCUT2D eigenvalue weighted by Gasteiger charge is -2.12. The number of carbonyl (C=O) groups excluding carboxylic acids is 1. The molecule has 0 aliphatic carbocycles. The number of alkyl halides is 3. The Morgan fingerprint density at radius 1 is 1.08 bits per heavy atom. The molecule has 0 aliphatic rings. The zero-order chi connectivity index (χ0) is 28.0. The summed E-state index contributed by atoms with van der Waals surface area (Å²) < 4.78 is 60.5. The van der Waals surface area contributed by atoms with Crippen molar-refractivity contribution < 1.29 is 36.9 Å². The van der Waals surface area contributed by atoms with Crippen molar-refractivity contribution in [2.75, 3.05) is 32.7 Å². The molecule has 0 bridgehead atoms. The molecule has 202 valence electrons. The Hall–Kier alpha value is -5.06. The number of nitrogens with one attached hydrogen (secondary N) is 1. The predicted octanol–water partition coefficient (Wildman–Crippen LogP) is 4.75. The second kappa shape index (κ2) is 11.5. The molecular formula is C25H21F3N6O5. The van der Waals surface area contributed by atoms with Crippen molar-refractivity contribution >= 4 is 22.6 Å². The predicted molar refractivity (Wildman–Crippen MR) is 132 cm³/mol. The number of pyridine rings is 2. The topological polar surface area (TPSA) is 114 Å². The summed E-state index contributed by atoms with van der Waals surface area (Å²) in [5, 5.41) is 7.09. The van der Waals surface area contributed by atoms with E-state index in [0.29, 0.717) is 33.9 Å². The molecule has 0 unspecified atom stereocenters. The molecule has 3 aromatic heterocycles. The molecule has 1 aromatic carbocycles. The third kappa shape index (κ3) is 6.63. The number of carbonyl (C=O) groups is 1. The van der Waals surface area contributed by atoms with E-state index in [1.54, 1.807) is 30.5 Å². The van der Waals surface area contributed by atoms with Crippen LogP contribution in [0.2, 0.25) is 0 Å². The van der Waals surface area contributed by atoms with Gasteiger partial charge in [-0.15, -0.1) is 0 Å². The number of amides is 1. The van der Waals surface area contributed by atoms with Crippen molar-refractivity contribution in [1.82, 2.24) is 19.7 Å². The minimum absolute atomic E-state index is 0.0254. The van der Waals surface area contributed by atoms with Gasteiger partial charge >= 0.3 is 6.18 Å². The highest BCUT2D eigenvalue weighted by atomic mass is 19.4. The SMILES string of the molecule is [C-]#[N+]CCn1cc(OCC(F)(F)F)c(C(=O)Nc2ccc(Oc3ccnc4cc(OC)c(OC)cc34)cn2)n1. The maximum Gasteiger partial charge on any atom is 0.422 e. The molecule has 1 amide bonds. The van der Waals surface area contributed by atoms with Gasteiger partial charge in [0.15, 0.2) is 29.5 Å². The van der Waals surface area contributed by atoms with Crippen LogP contribution in [0.1, 0.15) is 10.5 Å². The Morgan fingerprint density at radius 3 is 2.51 bits per heavy atom. The molecule has 11 nitrogen and oxygen atoms in total. The summed E-state index contributed by atoms with van der Waals surface area (Å²) in [6, 6.07) is 8.11. The highest BCUT2D eigenvalue weighted by Gasteiger charge is 2.30. The van der Waals surface area contributed by atoms with Crippen LogP contribution in [0.5, 0.6) is 28.7 Å². The molecule has 3 heterocycles. The Labute approximate surface area is 219 Å². The quantitative estimate of drug-likeness (QED) is 0.286. The van der Waals surface area contributed by atoms with Crippen LogP contribution in [0.4, 0.5) is 19.0 Å². The van der Waals surface area contributed by atoms with E-state index in [-0.39, 0.29) is 30.4 Å². The third-order valence-corrected chi connectivity index (χ3v) is 5.19. The second-order valence-electron chi connectivity index (χ2n) is 7.86. The Morgan fingerprint density at radius 2 is 1.85 bits per heavy atom. The summed E-state index contributed by atoms with van der Waals surface area (Å²) in [5.41, 5.74) is 0.236. The number of rotatable bonds is 10. The van der Waals surface area contributed by atoms with Gasteiger partial charge in [-0.25, -0.2) is 11.6 Å². The van der Waals surface area contributed by atoms with Crippen LogP contribution < -0.4 is 24.3 Å². The summed E-state index contributed by atoms with van der Waals surface area (Å²) in [6.45, 7) is 5.36. The number of fused-ring (bicyclic) bond motifs is 1. The fourth-order valence-corrected chi connectivity index (χ4v) is 3.45. The summed E-state index contributed by atoms with van der Waals surface area (Å²) in [5.74, 6) is 0.705. The van der Waals surface area contributed by atoms with Crippen LogP contribution >= 0.6 is 0 Å². The first-order valence-electron chi connectivity index (χ1n) is 11.3. The van der Waals surface area contributed by atoms with Gasteiger partial charge in [-0.3, -0.25) is 14.5 Å². The van der Waals surface area contributed by atoms with E-state index in [2.05, 4.69) is 25.2 Å². The van der Waals surface area contributed by atoms with E-state index in [9.17, 15) is 18.0 Å². The van der Waals surface area contributed by atoms with Crippen LogP contribution in [0.25, 0.3) is 15.7 Å². The molecular weight excluding hydrogens is 521 g/mol. The Kier molecular flexibility index (Phi) is 7.99. The fraction of sp³-hybridized carbons (Fsp3) is 0.240. The van der Waals surface area contributed by atoms with E-state index < -0.39 is 18.7 Å². The van der Waals surface area contributed by atoms with Crippen molar-refractivity contribution in [3.8, 4) is 28.7 Å². The average molecular weight is 542 g/mol. The number of hydrogen-bond donors (Lipinski definition) is 1.